The molecule has 0 fully saturated rings. The maximum atomic E-state index is 14.7. The van der Waals surface area contributed by atoms with Crippen LogP contribution in [0.5, 0.6) is 0 Å². The Kier molecular flexibility index (Phi) is 6.04. The highest BCUT2D eigenvalue weighted by Gasteiger charge is 2.17. The molecular weight excluding hydrogens is 340 g/mol. The Bertz CT molecular complexity index is 991. The van der Waals surface area contributed by atoms with Crippen LogP contribution >= 0.6 is 0 Å². The monoisotopic (exact) mass is 357 g/mol. The molecule has 0 spiro atoms. The van der Waals surface area contributed by atoms with Crippen LogP contribution in [0.3, 0.4) is 0 Å². The molecule has 0 bridgehead atoms. The number of carbonyl (C=O) groups excluding carboxylic acids is 1. The first-order valence-electron chi connectivity index (χ1n) is 7.51. The minimum atomic E-state index is -0.781. The summed E-state index contributed by atoms with van der Waals surface area (Å²) in [5.41, 5.74) is 0.916. The first kappa shape index (κ1) is 19.1. The average Bonchev–Trinajstić information content (AvgIpc) is 3.03. The van der Waals surface area contributed by atoms with Crippen molar-refractivity contribution in [3.63, 3.8) is 0 Å². The van der Waals surface area contributed by atoms with Crippen molar-refractivity contribution in [2.24, 2.45) is 0 Å². The number of benzene rings is 1. The molecule has 1 N–H and O–H groups in total. The van der Waals surface area contributed by atoms with E-state index in [4.69, 9.17) is 6.42 Å². The number of fused-ring (bicyclic) bond motifs is 1. The van der Waals surface area contributed by atoms with E-state index in [1.165, 1.54) is 28.9 Å². The lowest BCUT2D eigenvalue weighted by molar-refractivity contribution is 0.112. The molecule has 0 unspecified atom stereocenters. The first-order valence-corrected chi connectivity index (χ1v) is 7.51. The van der Waals surface area contributed by atoms with Crippen molar-refractivity contribution in [3.05, 3.63) is 59.0 Å². The van der Waals surface area contributed by atoms with Crippen LogP contribution in [-0.4, -0.2) is 29.9 Å². The predicted molar refractivity (Wildman–Crippen MR) is 95.8 cm³/mol. The van der Waals surface area contributed by atoms with Crippen LogP contribution in [0.4, 0.5) is 20.2 Å². The van der Waals surface area contributed by atoms with Gasteiger partial charge in [0, 0.05) is 20.4 Å². The van der Waals surface area contributed by atoms with Crippen LogP contribution in [0.25, 0.3) is 5.65 Å². The third-order valence-corrected chi connectivity index (χ3v) is 3.43. The molecule has 0 saturated heterocycles. The second-order valence-corrected chi connectivity index (χ2v) is 5.39. The number of carbonyl (C=O) groups is 1. The Hall–Kier alpha value is -3.24. The van der Waals surface area contributed by atoms with Gasteiger partial charge in [-0.05, 0) is 24.6 Å². The smallest absolute Gasteiger partial charge is 0.190 e. The van der Waals surface area contributed by atoms with Crippen molar-refractivity contribution in [2.75, 3.05) is 19.5 Å². The van der Waals surface area contributed by atoms with Gasteiger partial charge in [0.15, 0.2) is 17.8 Å². The molecule has 0 atom stereocenters. The Balaban J connectivity index is 0.000000758. The number of nitrogens with one attached hydrogen (secondary N) is 1. The summed E-state index contributed by atoms with van der Waals surface area (Å²) in [6.07, 6.45) is 8.47. The second kappa shape index (κ2) is 8.23. The lowest BCUT2D eigenvalue weighted by Gasteiger charge is -2.12. The van der Waals surface area contributed by atoms with Gasteiger partial charge in [0.1, 0.15) is 11.5 Å². The number of aldehydes is 1. The molecule has 2 aromatic heterocycles. The molecule has 5 nitrogen and oxygen atoms in total. The van der Waals surface area contributed by atoms with Gasteiger partial charge in [-0.3, -0.25) is 9.20 Å². The van der Waals surface area contributed by atoms with Gasteiger partial charge < -0.3 is 10.1 Å². The van der Waals surface area contributed by atoms with E-state index in [0.29, 0.717) is 12.0 Å². The molecular formula is C19H17F2N3O2. The summed E-state index contributed by atoms with van der Waals surface area (Å²) in [5.74, 6) is 1.02. The minimum Gasteiger partial charge on any atom is -0.388 e. The van der Waals surface area contributed by atoms with E-state index < -0.39 is 11.6 Å². The topological polar surface area (TPSA) is 55.6 Å². The number of hydrogen-bond donors (Lipinski definition) is 1. The van der Waals surface area contributed by atoms with Crippen LogP contribution in [0.15, 0.2) is 30.6 Å². The largest absolute Gasteiger partial charge is 0.388 e. The number of halogens is 2. The number of ether oxygens (including phenoxy) is 1. The summed E-state index contributed by atoms with van der Waals surface area (Å²) in [6.45, 7) is 1.74. The fourth-order valence-corrected chi connectivity index (χ4v) is 2.28. The highest BCUT2D eigenvalue weighted by molar-refractivity contribution is 5.87. The maximum Gasteiger partial charge on any atom is 0.190 e. The van der Waals surface area contributed by atoms with E-state index in [9.17, 15) is 13.6 Å². The molecule has 2 heterocycles. The van der Waals surface area contributed by atoms with Crippen molar-refractivity contribution in [1.82, 2.24) is 9.38 Å². The molecule has 7 heteroatoms. The number of hydrogen-bond acceptors (Lipinski definition) is 4. The Morgan fingerprint density at radius 2 is 2.04 bits per heavy atom. The molecule has 26 heavy (non-hydrogen) atoms. The van der Waals surface area contributed by atoms with Gasteiger partial charge in [0.25, 0.3) is 0 Å². The summed E-state index contributed by atoms with van der Waals surface area (Å²) in [7, 11) is 3.25. The van der Waals surface area contributed by atoms with Crippen LogP contribution in [0.1, 0.15) is 21.6 Å². The first-order chi connectivity index (χ1) is 12.5. The maximum absolute atomic E-state index is 14.7. The molecule has 0 aliphatic rings. The molecule has 0 aliphatic carbocycles. The summed E-state index contributed by atoms with van der Waals surface area (Å²) in [4.78, 5) is 15.2. The molecule has 134 valence electrons. The summed E-state index contributed by atoms with van der Waals surface area (Å²) < 4.78 is 34.2. The third kappa shape index (κ3) is 3.71. The number of methoxy groups -OCH3 is 1. The standard InChI is InChI=1S/C17H11F2N3O.C2H6O/c1-3-12-7-20-17-15(19)16(11(9-23)8-22(12)17)21-14-5-4-10(2)6-13(14)18;1-3-2/h1,4-9,21H,2H3;1-2H3. The van der Waals surface area contributed by atoms with Gasteiger partial charge in [0.05, 0.1) is 23.1 Å². The molecule has 3 rings (SSSR count). The van der Waals surface area contributed by atoms with Gasteiger partial charge in [0.2, 0.25) is 0 Å². The number of aromatic nitrogens is 2. The van der Waals surface area contributed by atoms with Crippen LogP contribution in [0.2, 0.25) is 0 Å². The van der Waals surface area contributed by atoms with Crippen molar-refractivity contribution in [2.45, 2.75) is 6.92 Å². The SMILES string of the molecule is C#Cc1cnc2c(F)c(Nc3ccc(C)cc3F)c(C=O)cn12.COC. The molecule has 1 aromatic carbocycles. The van der Waals surface area contributed by atoms with Crippen LogP contribution < -0.4 is 5.32 Å². The zero-order chi connectivity index (χ0) is 19.3. The number of rotatable bonds is 3. The summed E-state index contributed by atoms with van der Waals surface area (Å²) in [6, 6.07) is 4.46. The Morgan fingerprint density at radius 1 is 1.35 bits per heavy atom. The van der Waals surface area contributed by atoms with E-state index in [2.05, 4.69) is 21.0 Å². The van der Waals surface area contributed by atoms with Gasteiger partial charge in [-0.25, -0.2) is 13.8 Å². The highest BCUT2D eigenvalue weighted by Crippen LogP contribution is 2.28. The van der Waals surface area contributed by atoms with E-state index in [1.54, 1.807) is 27.2 Å². The van der Waals surface area contributed by atoms with Crippen LogP contribution in [0, 0.1) is 30.9 Å². The number of nitrogens with zero attached hydrogens (tertiary/aromatic N) is 2. The van der Waals surface area contributed by atoms with Crippen LogP contribution in [-0.2, 0) is 4.74 Å². The zero-order valence-corrected chi connectivity index (χ0v) is 14.5. The number of imidazole rings is 1. The van der Waals surface area contributed by atoms with E-state index in [1.807, 2.05) is 0 Å². The van der Waals surface area contributed by atoms with Gasteiger partial charge in [-0.15, -0.1) is 6.42 Å². The fourth-order valence-electron chi connectivity index (χ4n) is 2.28. The molecule has 0 amide bonds. The number of aryl methyl sites for hydroxylation is 1. The summed E-state index contributed by atoms with van der Waals surface area (Å²) in [5, 5.41) is 2.62. The lowest BCUT2D eigenvalue weighted by atomic mass is 10.2. The minimum absolute atomic E-state index is 0.00414. The highest BCUT2D eigenvalue weighted by atomic mass is 19.1. The molecule has 0 saturated carbocycles. The van der Waals surface area contributed by atoms with Crippen molar-refractivity contribution in [3.8, 4) is 12.3 Å². The Morgan fingerprint density at radius 3 is 2.62 bits per heavy atom. The van der Waals surface area contributed by atoms with Gasteiger partial charge in [-0.1, -0.05) is 12.0 Å². The lowest BCUT2D eigenvalue weighted by Crippen LogP contribution is -2.05. The normalized spacial score (nSPS) is 10.0. The number of terminal acetylenes is 1. The number of pyridine rings is 1. The van der Waals surface area contributed by atoms with E-state index in [0.717, 1.165) is 5.56 Å². The molecule has 0 aliphatic heterocycles. The summed E-state index contributed by atoms with van der Waals surface area (Å²) >= 11 is 0. The zero-order valence-electron chi connectivity index (χ0n) is 14.5. The van der Waals surface area contributed by atoms with Crippen molar-refractivity contribution >= 4 is 23.3 Å². The second-order valence-electron chi connectivity index (χ2n) is 5.39. The average molecular weight is 357 g/mol. The van der Waals surface area contributed by atoms with E-state index >= 15 is 0 Å². The van der Waals surface area contributed by atoms with E-state index in [-0.39, 0.29) is 22.6 Å². The van der Waals surface area contributed by atoms with Crippen molar-refractivity contribution in [1.29, 1.82) is 0 Å². The molecule has 3 aromatic rings. The Labute approximate surface area is 149 Å². The van der Waals surface area contributed by atoms with Gasteiger partial charge >= 0.3 is 0 Å². The molecule has 0 radical (unpaired) electrons. The van der Waals surface area contributed by atoms with Gasteiger partial charge in [-0.2, -0.15) is 0 Å². The quantitative estimate of drug-likeness (QED) is 0.573. The predicted octanol–water partition coefficient (Wildman–Crippen LogP) is 3.72. The van der Waals surface area contributed by atoms with Crippen molar-refractivity contribution < 1.29 is 18.3 Å². The third-order valence-electron chi connectivity index (χ3n) is 3.43. The number of anilines is 2. The fraction of sp³-hybridized carbons (Fsp3) is 0.158.